The highest BCUT2D eigenvalue weighted by molar-refractivity contribution is 9.10. The molecular weight excluding hydrogens is 448 g/mol. The van der Waals surface area contributed by atoms with Gasteiger partial charge in [0.25, 0.3) is 5.91 Å². The predicted molar refractivity (Wildman–Crippen MR) is 118 cm³/mol. The van der Waals surface area contributed by atoms with Gasteiger partial charge in [-0.05, 0) is 62.2 Å². The molecule has 0 atom stereocenters. The molecule has 4 rings (SSSR count). The van der Waals surface area contributed by atoms with E-state index in [9.17, 15) is 9.59 Å². The lowest BCUT2D eigenvalue weighted by molar-refractivity contribution is 0.102. The highest BCUT2D eigenvalue weighted by atomic mass is 79.9. The number of benzene rings is 2. The van der Waals surface area contributed by atoms with Crippen LogP contribution in [0, 0.1) is 0 Å². The molecule has 1 heterocycles. The molecule has 3 N–H and O–H groups in total. The summed E-state index contributed by atoms with van der Waals surface area (Å²) in [4.78, 5) is 24.7. The lowest BCUT2D eigenvalue weighted by Crippen LogP contribution is -2.28. The van der Waals surface area contributed by atoms with E-state index in [0.717, 1.165) is 28.7 Å². The fraction of sp³-hybridized carbons (Fsp3) is 0.238. The van der Waals surface area contributed by atoms with Gasteiger partial charge < -0.3 is 16.0 Å². The maximum absolute atomic E-state index is 13.0. The van der Waals surface area contributed by atoms with Crippen molar-refractivity contribution in [2.45, 2.75) is 25.7 Å². The van der Waals surface area contributed by atoms with Crippen molar-refractivity contribution in [3.05, 3.63) is 64.4 Å². The number of carbonyl (C=O) groups excluding carboxylic acids is 2. The van der Waals surface area contributed by atoms with E-state index in [-0.39, 0.29) is 17.9 Å². The third-order valence-electron chi connectivity index (χ3n) is 4.67. The SMILES string of the molecule is CCNC(=O)Nc1cccc(NC(=O)c2nnn(-c3ccc(Br)cc3)c2C2CC2)c1. The zero-order valence-corrected chi connectivity index (χ0v) is 17.9. The summed E-state index contributed by atoms with van der Waals surface area (Å²) < 4.78 is 2.71. The predicted octanol–water partition coefficient (Wildman–Crippen LogP) is 4.30. The number of rotatable bonds is 6. The highest BCUT2D eigenvalue weighted by Gasteiger charge is 2.34. The van der Waals surface area contributed by atoms with Crippen molar-refractivity contribution >= 4 is 39.2 Å². The smallest absolute Gasteiger partial charge is 0.319 e. The van der Waals surface area contributed by atoms with Crippen LogP contribution in [0.1, 0.15) is 41.9 Å². The number of aromatic nitrogens is 3. The Labute approximate surface area is 182 Å². The number of anilines is 2. The molecule has 1 aromatic heterocycles. The number of amides is 3. The molecule has 1 saturated carbocycles. The van der Waals surface area contributed by atoms with Crippen LogP contribution < -0.4 is 16.0 Å². The van der Waals surface area contributed by atoms with Crippen molar-refractivity contribution in [3.8, 4) is 5.69 Å². The van der Waals surface area contributed by atoms with Crippen LogP contribution in [0.2, 0.25) is 0 Å². The van der Waals surface area contributed by atoms with E-state index in [2.05, 4.69) is 42.2 Å². The summed E-state index contributed by atoms with van der Waals surface area (Å²) in [7, 11) is 0. The van der Waals surface area contributed by atoms with Crippen LogP contribution in [-0.4, -0.2) is 33.5 Å². The minimum atomic E-state index is -0.324. The van der Waals surface area contributed by atoms with Crippen molar-refractivity contribution in [1.82, 2.24) is 20.3 Å². The maximum atomic E-state index is 13.0. The van der Waals surface area contributed by atoms with E-state index in [1.165, 1.54) is 0 Å². The molecule has 1 aliphatic carbocycles. The molecule has 1 fully saturated rings. The Morgan fingerprint density at radius 1 is 1.10 bits per heavy atom. The van der Waals surface area contributed by atoms with Crippen molar-refractivity contribution in [2.75, 3.05) is 17.2 Å². The number of nitrogens with zero attached hydrogens (tertiary/aromatic N) is 3. The van der Waals surface area contributed by atoms with E-state index < -0.39 is 0 Å². The van der Waals surface area contributed by atoms with Crippen molar-refractivity contribution in [1.29, 1.82) is 0 Å². The van der Waals surface area contributed by atoms with Crippen LogP contribution in [-0.2, 0) is 0 Å². The van der Waals surface area contributed by atoms with Gasteiger partial charge in [-0.2, -0.15) is 0 Å². The first-order chi connectivity index (χ1) is 14.5. The number of urea groups is 1. The van der Waals surface area contributed by atoms with Crippen LogP contribution >= 0.6 is 15.9 Å². The third kappa shape index (κ3) is 4.51. The van der Waals surface area contributed by atoms with Gasteiger partial charge in [-0.25, -0.2) is 9.48 Å². The molecule has 0 spiro atoms. The lowest BCUT2D eigenvalue weighted by Gasteiger charge is -2.10. The first-order valence-corrected chi connectivity index (χ1v) is 10.5. The quantitative estimate of drug-likeness (QED) is 0.501. The van der Waals surface area contributed by atoms with Crippen LogP contribution in [0.15, 0.2) is 53.0 Å². The largest absolute Gasteiger partial charge is 0.338 e. The number of hydrogen-bond acceptors (Lipinski definition) is 4. The van der Waals surface area contributed by atoms with Gasteiger partial charge in [-0.3, -0.25) is 4.79 Å². The second kappa shape index (κ2) is 8.66. The van der Waals surface area contributed by atoms with Crippen molar-refractivity contribution < 1.29 is 9.59 Å². The van der Waals surface area contributed by atoms with Gasteiger partial charge in [0.15, 0.2) is 5.69 Å². The van der Waals surface area contributed by atoms with Crippen molar-refractivity contribution in [3.63, 3.8) is 0 Å². The minimum Gasteiger partial charge on any atom is -0.338 e. The van der Waals surface area contributed by atoms with Gasteiger partial charge in [0.1, 0.15) is 0 Å². The number of nitrogens with one attached hydrogen (secondary N) is 3. The first-order valence-electron chi connectivity index (χ1n) is 9.73. The van der Waals surface area contributed by atoms with Crippen molar-refractivity contribution in [2.24, 2.45) is 0 Å². The normalized spacial score (nSPS) is 13.0. The molecule has 3 amide bonds. The molecule has 3 aromatic rings. The topological polar surface area (TPSA) is 101 Å². The molecule has 0 unspecified atom stereocenters. The Kier molecular flexibility index (Phi) is 5.80. The van der Waals surface area contributed by atoms with Gasteiger partial charge in [0.2, 0.25) is 0 Å². The summed E-state index contributed by atoms with van der Waals surface area (Å²) in [6.07, 6.45) is 2.02. The Bertz CT molecular complexity index is 1080. The highest BCUT2D eigenvalue weighted by Crippen LogP contribution is 2.42. The van der Waals surface area contributed by atoms with Gasteiger partial charge in [-0.15, -0.1) is 5.10 Å². The Morgan fingerprint density at radius 2 is 1.80 bits per heavy atom. The standard InChI is InChI=1S/C21H21BrN6O2/c1-2-23-21(30)25-16-5-3-4-15(12-16)24-20(29)18-19(13-6-7-13)28(27-26-18)17-10-8-14(22)9-11-17/h3-5,8-13H,2,6-7H2,1H3,(H,24,29)(H2,23,25,30). The molecule has 30 heavy (non-hydrogen) atoms. The zero-order valence-electron chi connectivity index (χ0n) is 16.4. The maximum Gasteiger partial charge on any atom is 0.319 e. The van der Waals surface area contributed by atoms with E-state index in [1.54, 1.807) is 28.9 Å². The molecule has 2 aromatic carbocycles. The van der Waals surface area contributed by atoms with E-state index >= 15 is 0 Å². The fourth-order valence-electron chi connectivity index (χ4n) is 3.15. The lowest BCUT2D eigenvalue weighted by atomic mass is 10.2. The van der Waals surface area contributed by atoms with Gasteiger partial charge in [0.05, 0.1) is 11.4 Å². The van der Waals surface area contributed by atoms with E-state index in [1.807, 2.05) is 31.2 Å². The summed E-state index contributed by atoms with van der Waals surface area (Å²) >= 11 is 3.43. The Morgan fingerprint density at radius 3 is 2.47 bits per heavy atom. The molecular formula is C21H21BrN6O2. The average Bonchev–Trinajstić information content (AvgIpc) is 3.47. The number of carbonyl (C=O) groups is 2. The Hall–Kier alpha value is -3.20. The second-order valence-electron chi connectivity index (χ2n) is 7.01. The summed E-state index contributed by atoms with van der Waals surface area (Å²) in [6.45, 7) is 2.37. The average molecular weight is 469 g/mol. The molecule has 1 aliphatic rings. The molecule has 9 heteroatoms. The molecule has 0 bridgehead atoms. The summed E-state index contributed by atoms with van der Waals surface area (Å²) in [5.74, 6) is -0.0504. The second-order valence-corrected chi connectivity index (χ2v) is 7.92. The third-order valence-corrected chi connectivity index (χ3v) is 5.20. The molecule has 0 aliphatic heterocycles. The van der Waals surface area contributed by atoms with E-state index in [0.29, 0.717) is 23.6 Å². The van der Waals surface area contributed by atoms with Crippen LogP contribution in [0.4, 0.5) is 16.2 Å². The number of halogens is 1. The number of hydrogen-bond donors (Lipinski definition) is 3. The van der Waals surface area contributed by atoms with Crippen LogP contribution in [0.3, 0.4) is 0 Å². The monoisotopic (exact) mass is 468 g/mol. The van der Waals surface area contributed by atoms with Gasteiger partial charge in [-0.1, -0.05) is 27.2 Å². The fourth-order valence-corrected chi connectivity index (χ4v) is 3.41. The van der Waals surface area contributed by atoms with Crippen LogP contribution in [0.25, 0.3) is 5.69 Å². The Balaban J connectivity index is 1.56. The molecule has 8 nitrogen and oxygen atoms in total. The molecule has 0 radical (unpaired) electrons. The minimum absolute atomic E-state index is 0.273. The van der Waals surface area contributed by atoms with Gasteiger partial charge in [0, 0.05) is 28.3 Å². The molecule has 154 valence electrons. The zero-order chi connectivity index (χ0) is 21.1. The summed E-state index contributed by atoms with van der Waals surface area (Å²) in [6, 6.07) is 14.4. The summed E-state index contributed by atoms with van der Waals surface area (Å²) in [5, 5.41) is 16.7. The summed E-state index contributed by atoms with van der Waals surface area (Å²) in [5.41, 5.74) is 3.16. The van der Waals surface area contributed by atoms with Crippen LogP contribution in [0.5, 0.6) is 0 Å². The first kappa shape index (κ1) is 20.1. The molecule has 0 saturated heterocycles. The van der Waals surface area contributed by atoms with E-state index in [4.69, 9.17) is 0 Å². The van der Waals surface area contributed by atoms with Gasteiger partial charge >= 0.3 is 6.03 Å².